The van der Waals surface area contributed by atoms with Gasteiger partial charge in [0.15, 0.2) is 0 Å². The first-order chi connectivity index (χ1) is 17.3. The van der Waals surface area contributed by atoms with Gasteiger partial charge in [0.05, 0.1) is 36.1 Å². The number of piperidine rings is 1. The first-order valence-corrected chi connectivity index (χ1v) is 12.5. The molecule has 0 aromatic heterocycles. The quantitative estimate of drug-likeness (QED) is 0.484. The van der Waals surface area contributed by atoms with Gasteiger partial charge in [0.25, 0.3) is 11.8 Å². The van der Waals surface area contributed by atoms with Crippen LogP contribution in [0.3, 0.4) is 0 Å². The lowest BCUT2D eigenvalue weighted by Gasteiger charge is -2.38. The molecule has 2 aromatic carbocycles. The van der Waals surface area contributed by atoms with Crippen LogP contribution in [0.5, 0.6) is 11.5 Å². The Morgan fingerprint density at radius 2 is 2.00 bits per heavy atom. The summed E-state index contributed by atoms with van der Waals surface area (Å²) in [7, 11) is 1.48. The lowest BCUT2D eigenvalue weighted by molar-refractivity contribution is -0.0332. The van der Waals surface area contributed by atoms with E-state index in [1.54, 1.807) is 24.3 Å². The molecule has 0 bridgehead atoms. The first kappa shape index (κ1) is 26.1. The molecule has 10 heteroatoms. The van der Waals surface area contributed by atoms with E-state index in [1.807, 2.05) is 4.90 Å². The van der Waals surface area contributed by atoms with Gasteiger partial charge in [-0.1, -0.05) is 17.7 Å². The number of rotatable bonds is 7. The first-order valence-electron chi connectivity index (χ1n) is 12.2. The summed E-state index contributed by atoms with van der Waals surface area (Å²) >= 11 is 6.09. The van der Waals surface area contributed by atoms with Crippen LogP contribution < -0.4 is 15.8 Å². The van der Waals surface area contributed by atoms with Crippen molar-refractivity contribution in [3.05, 3.63) is 52.5 Å². The third-order valence-corrected chi connectivity index (χ3v) is 7.12. The zero-order valence-corrected chi connectivity index (χ0v) is 21.2. The molecular weight excluding hydrogens is 484 g/mol. The summed E-state index contributed by atoms with van der Waals surface area (Å²) in [6.07, 6.45) is 1.74. The molecular formula is C26H33ClN4O5. The van der Waals surface area contributed by atoms with Crippen LogP contribution in [0, 0.1) is 5.92 Å². The molecule has 2 amide bonds. The lowest BCUT2D eigenvalue weighted by atomic mass is 9.95. The maximum Gasteiger partial charge on any atom is 0.255 e. The lowest BCUT2D eigenvalue weighted by Crippen LogP contribution is -2.50. The van der Waals surface area contributed by atoms with Crippen LogP contribution in [-0.2, 0) is 4.74 Å². The van der Waals surface area contributed by atoms with Crippen molar-refractivity contribution in [1.29, 1.82) is 0 Å². The molecule has 4 rings (SSSR count). The number of ether oxygens (including phenoxy) is 2. The normalized spacial score (nSPS) is 19.2. The maximum atomic E-state index is 12.7. The highest BCUT2D eigenvalue weighted by molar-refractivity contribution is 6.33. The van der Waals surface area contributed by atoms with Gasteiger partial charge < -0.3 is 30.5 Å². The number of methoxy groups -OCH3 is 1. The minimum atomic E-state index is -0.293. The highest BCUT2D eigenvalue weighted by atomic mass is 35.5. The van der Waals surface area contributed by atoms with Crippen molar-refractivity contribution in [2.75, 3.05) is 58.7 Å². The number of nitrogen functional groups attached to an aromatic ring is 1. The number of aromatic hydroxyl groups is 1. The van der Waals surface area contributed by atoms with Crippen LogP contribution in [0.4, 0.5) is 5.69 Å². The number of halogens is 1. The zero-order chi connectivity index (χ0) is 25.7. The summed E-state index contributed by atoms with van der Waals surface area (Å²) in [5.41, 5.74) is 7.01. The number of carbonyl (C=O) groups excluding carboxylic acids is 2. The number of anilines is 1. The molecule has 2 aliphatic heterocycles. The molecule has 36 heavy (non-hydrogen) atoms. The molecule has 0 radical (unpaired) electrons. The fraction of sp³-hybridized carbons (Fsp3) is 0.462. The second-order valence-electron chi connectivity index (χ2n) is 9.32. The smallest absolute Gasteiger partial charge is 0.255 e. The SMILES string of the molecule is COc1cc(N)c(Cl)cc1C(=O)NCC1CN(CC2CCN(C(=O)c3cccc(O)c3)CC2)CCO1. The van der Waals surface area contributed by atoms with Crippen molar-refractivity contribution in [3.8, 4) is 11.5 Å². The number of phenolic OH excluding ortho intramolecular Hbond substituents is 1. The van der Waals surface area contributed by atoms with Crippen molar-refractivity contribution in [2.45, 2.75) is 18.9 Å². The Morgan fingerprint density at radius 1 is 1.22 bits per heavy atom. The van der Waals surface area contributed by atoms with Crippen LogP contribution in [0.2, 0.25) is 5.02 Å². The molecule has 1 atom stereocenters. The molecule has 0 aliphatic carbocycles. The number of nitrogens with one attached hydrogen (secondary N) is 1. The van der Waals surface area contributed by atoms with Crippen molar-refractivity contribution >= 4 is 29.1 Å². The van der Waals surface area contributed by atoms with E-state index in [2.05, 4.69) is 10.2 Å². The van der Waals surface area contributed by atoms with Gasteiger partial charge in [0.1, 0.15) is 11.5 Å². The van der Waals surface area contributed by atoms with Crippen molar-refractivity contribution in [1.82, 2.24) is 15.1 Å². The summed E-state index contributed by atoms with van der Waals surface area (Å²) in [4.78, 5) is 29.7. The highest BCUT2D eigenvalue weighted by Gasteiger charge is 2.28. The van der Waals surface area contributed by atoms with Gasteiger partial charge in [-0.3, -0.25) is 14.5 Å². The number of phenols is 1. The number of carbonyl (C=O) groups is 2. The summed E-state index contributed by atoms with van der Waals surface area (Å²) in [5.74, 6) is 0.635. The number of benzene rings is 2. The molecule has 9 nitrogen and oxygen atoms in total. The van der Waals surface area contributed by atoms with E-state index in [0.29, 0.717) is 59.7 Å². The Labute approximate surface area is 216 Å². The van der Waals surface area contributed by atoms with E-state index >= 15 is 0 Å². The van der Waals surface area contributed by atoms with Gasteiger partial charge in [-0.2, -0.15) is 0 Å². The number of morpholine rings is 1. The van der Waals surface area contributed by atoms with Crippen molar-refractivity contribution in [3.63, 3.8) is 0 Å². The molecule has 2 fully saturated rings. The Balaban J connectivity index is 1.23. The zero-order valence-electron chi connectivity index (χ0n) is 20.4. The maximum absolute atomic E-state index is 12.7. The topological polar surface area (TPSA) is 117 Å². The van der Waals surface area contributed by atoms with E-state index in [9.17, 15) is 14.7 Å². The Bertz CT molecular complexity index is 1090. The van der Waals surface area contributed by atoms with Crippen LogP contribution in [0.15, 0.2) is 36.4 Å². The predicted molar refractivity (Wildman–Crippen MR) is 138 cm³/mol. The molecule has 0 spiro atoms. The summed E-state index contributed by atoms with van der Waals surface area (Å²) < 4.78 is 11.2. The number of likely N-dealkylation sites (tertiary alicyclic amines) is 1. The van der Waals surface area contributed by atoms with Gasteiger partial charge in [0.2, 0.25) is 0 Å². The van der Waals surface area contributed by atoms with Gasteiger partial charge >= 0.3 is 0 Å². The molecule has 194 valence electrons. The number of amides is 2. The van der Waals surface area contributed by atoms with Crippen LogP contribution in [0.1, 0.15) is 33.6 Å². The van der Waals surface area contributed by atoms with E-state index in [0.717, 1.165) is 32.5 Å². The minimum absolute atomic E-state index is 0.0365. The molecule has 1 unspecified atom stereocenters. The Kier molecular flexibility index (Phi) is 8.56. The molecule has 2 heterocycles. The van der Waals surface area contributed by atoms with Gasteiger partial charge in [-0.25, -0.2) is 0 Å². The largest absolute Gasteiger partial charge is 0.508 e. The summed E-state index contributed by atoms with van der Waals surface area (Å²) in [6.45, 7) is 4.88. The molecule has 0 saturated carbocycles. The summed E-state index contributed by atoms with van der Waals surface area (Å²) in [6, 6.07) is 9.55. The molecule has 2 aromatic rings. The molecule has 4 N–H and O–H groups in total. The average Bonchev–Trinajstić information content (AvgIpc) is 2.89. The van der Waals surface area contributed by atoms with Crippen molar-refractivity contribution in [2.24, 2.45) is 5.92 Å². The van der Waals surface area contributed by atoms with Gasteiger partial charge in [0, 0.05) is 50.9 Å². The van der Waals surface area contributed by atoms with E-state index in [-0.39, 0.29) is 23.7 Å². The van der Waals surface area contributed by atoms with E-state index in [4.69, 9.17) is 26.8 Å². The van der Waals surface area contributed by atoms with Crippen LogP contribution in [0.25, 0.3) is 0 Å². The highest BCUT2D eigenvalue weighted by Crippen LogP contribution is 2.29. The molecule has 2 saturated heterocycles. The number of nitrogens with two attached hydrogens (primary N) is 1. The summed E-state index contributed by atoms with van der Waals surface area (Å²) in [5, 5.41) is 12.9. The Morgan fingerprint density at radius 3 is 2.72 bits per heavy atom. The monoisotopic (exact) mass is 516 g/mol. The third kappa shape index (κ3) is 6.40. The molecule has 2 aliphatic rings. The van der Waals surface area contributed by atoms with Gasteiger partial charge in [-0.05, 0) is 43.0 Å². The number of hydrogen-bond acceptors (Lipinski definition) is 7. The number of hydrogen-bond donors (Lipinski definition) is 3. The second kappa shape index (κ2) is 11.8. The van der Waals surface area contributed by atoms with Crippen molar-refractivity contribution < 1.29 is 24.2 Å². The second-order valence-corrected chi connectivity index (χ2v) is 9.73. The standard InChI is InChI=1S/C26H33ClN4O5/c1-35-24-13-23(28)22(27)12-21(24)25(33)29-14-20-16-30(9-10-36-20)15-17-5-7-31(8-6-17)26(34)18-3-2-4-19(32)11-18/h2-4,11-13,17,20,32H,5-10,14-16,28H2,1H3,(H,29,33). The van der Waals surface area contributed by atoms with Gasteiger partial charge in [-0.15, -0.1) is 0 Å². The third-order valence-electron chi connectivity index (χ3n) is 6.79. The van der Waals surface area contributed by atoms with E-state index in [1.165, 1.54) is 19.2 Å². The van der Waals surface area contributed by atoms with E-state index < -0.39 is 0 Å². The van der Waals surface area contributed by atoms with Crippen LogP contribution >= 0.6 is 11.6 Å². The number of nitrogens with zero attached hydrogens (tertiary/aromatic N) is 2. The van der Waals surface area contributed by atoms with Crippen LogP contribution in [-0.4, -0.2) is 85.8 Å². The predicted octanol–water partition coefficient (Wildman–Crippen LogP) is 2.62. The fourth-order valence-electron chi connectivity index (χ4n) is 4.79. The average molecular weight is 517 g/mol. The minimum Gasteiger partial charge on any atom is -0.508 e. The Hall–Kier alpha value is -3.01. The fourth-order valence-corrected chi connectivity index (χ4v) is 4.96.